The van der Waals surface area contributed by atoms with Gasteiger partial charge < -0.3 is 9.80 Å². The van der Waals surface area contributed by atoms with E-state index in [1.807, 2.05) is 18.2 Å². The summed E-state index contributed by atoms with van der Waals surface area (Å²) in [6.45, 7) is 2.69. The molecule has 2 aromatic carbocycles. The Balaban J connectivity index is 1.53. The maximum Gasteiger partial charge on any atom is 0.256 e. The van der Waals surface area contributed by atoms with Crippen molar-refractivity contribution in [2.24, 2.45) is 0 Å². The van der Waals surface area contributed by atoms with Crippen LogP contribution in [0, 0.1) is 5.82 Å². The van der Waals surface area contributed by atoms with Crippen LogP contribution in [0.1, 0.15) is 10.4 Å². The monoisotopic (exact) mass is 352 g/mol. The van der Waals surface area contributed by atoms with Crippen molar-refractivity contribution in [2.75, 3.05) is 31.1 Å². The lowest BCUT2D eigenvalue weighted by Crippen LogP contribution is -2.49. The first-order chi connectivity index (χ1) is 12.7. The first-order valence-corrected chi connectivity index (χ1v) is 8.34. The molecular weight excluding hydrogens is 335 g/mol. The lowest BCUT2D eigenvalue weighted by molar-refractivity contribution is 0.0746. The summed E-state index contributed by atoms with van der Waals surface area (Å²) in [6, 6.07) is 14.1. The van der Waals surface area contributed by atoms with E-state index in [9.17, 15) is 9.18 Å². The predicted molar refractivity (Wildman–Crippen MR) is 93.7 cm³/mol. The summed E-state index contributed by atoms with van der Waals surface area (Å²) in [6.07, 6.45) is 1.35. The molecule has 3 aromatic rings. The van der Waals surface area contributed by atoms with Gasteiger partial charge in [0.1, 0.15) is 12.1 Å². The number of amides is 1. The number of nitrogens with zero attached hydrogens (tertiary/aromatic N) is 6. The van der Waals surface area contributed by atoms with Crippen molar-refractivity contribution in [3.63, 3.8) is 0 Å². The van der Waals surface area contributed by atoms with Crippen molar-refractivity contribution in [1.82, 2.24) is 25.1 Å². The SMILES string of the molecule is O=C(c1ccc(F)cc1-n1cnnn1)N1CCN(c2ccccc2)CC1. The largest absolute Gasteiger partial charge is 0.368 e. The third-order valence-electron chi connectivity index (χ3n) is 4.47. The molecule has 0 spiro atoms. The van der Waals surface area contributed by atoms with E-state index in [1.54, 1.807) is 4.90 Å². The Morgan fingerprint density at radius 2 is 1.77 bits per heavy atom. The number of carbonyl (C=O) groups is 1. The minimum Gasteiger partial charge on any atom is -0.368 e. The molecule has 0 unspecified atom stereocenters. The molecule has 1 aliphatic rings. The fourth-order valence-electron chi connectivity index (χ4n) is 3.12. The molecule has 8 heteroatoms. The van der Waals surface area contributed by atoms with E-state index in [1.165, 1.54) is 29.2 Å². The van der Waals surface area contributed by atoms with Crippen LogP contribution >= 0.6 is 0 Å². The van der Waals surface area contributed by atoms with Crippen molar-refractivity contribution in [3.8, 4) is 5.69 Å². The van der Waals surface area contributed by atoms with Crippen molar-refractivity contribution in [1.29, 1.82) is 0 Å². The first-order valence-electron chi connectivity index (χ1n) is 8.34. The molecule has 1 aromatic heterocycles. The lowest BCUT2D eigenvalue weighted by atomic mass is 10.1. The van der Waals surface area contributed by atoms with Crippen LogP contribution in [0.3, 0.4) is 0 Å². The molecule has 1 amide bonds. The van der Waals surface area contributed by atoms with E-state index in [4.69, 9.17) is 0 Å². The van der Waals surface area contributed by atoms with E-state index < -0.39 is 5.82 Å². The highest BCUT2D eigenvalue weighted by atomic mass is 19.1. The highest BCUT2D eigenvalue weighted by Crippen LogP contribution is 2.20. The summed E-state index contributed by atoms with van der Waals surface area (Å²) in [5.41, 5.74) is 1.87. The third kappa shape index (κ3) is 3.13. The van der Waals surface area contributed by atoms with Crippen molar-refractivity contribution < 1.29 is 9.18 Å². The number of anilines is 1. The molecule has 0 aliphatic carbocycles. The summed E-state index contributed by atoms with van der Waals surface area (Å²) in [5, 5.41) is 10.9. The molecule has 1 saturated heterocycles. The number of piperazine rings is 1. The summed E-state index contributed by atoms with van der Waals surface area (Å²) in [7, 11) is 0. The normalized spacial score (nSPS) is 14.5. The van der Waals surface area contributed by atoms with Gasteiger partial charge in [-0.25, -0.2) is 4.39 Å². The average Bonchev–Trinajstić information content (AvgIpc) is 3.23. The van der Waals surface area contributed by atoms with Crippen LogP contribution in [-0.4, -0.2) is 57.2 Å². The van der Waals surface area contributed by atoms with Gasteiger partial charge in [0.25, 0.3) is 5.91 Å². The van der Waals surface area contributed by atoms with Crippen molar-refractivity contribution in [2.45, 2.75) is 0 Å². The molecule has 0 N–H and O–H groups in total. The number of rotatable bonds is 3. The molecule has 2 heterocycles. The van der Waals surface area contributed by atoms with E-state index in [0.29, 0.717) is 24.3 Å². The summed E-state index contributed by atoms with van der Waals surface area (Å²) < 4.78 is 15.0. The number of para-hydroxylation sites is 1. The van der Waals surface area contributed by atoms with Gasteiger partial charge in [-0.05, 0) is 34.7 Å². The summed E-state index contributed by atoms with van der Waals surface area (Å²) in [4.78, 5) is 17.0. The average molecular weight is 352 g/mol. The third-order valence-corrected chi connectivity index (χ3v) is 4.47. The molecule has 4 rings (SSSR count). The Morgan fingerprint density at radius 3 is 2.46 bits per heavy atom. The molecule has 7 nitrogen and oxygen atoms in total. The maximum absolute atomic E-state index is 13.7. The van der Waals surface area contributed by atoms with Crippen LogP contribution < -0.4 is 4.90 Å². The fraction of sp³-hybridized carbons (Fsp3) is 0.222. The van der Waals surface area contributed by atoms with Gasteiger partial charge in [-0.2, -0.15) is 4.68 Å². The number of tetrazole rings is 1. The highest BCUT2D eigenvalue weighted by molar-refractivity contribution is 5.97. The number of hydrogen-bond donors (Lipinski definition) is 0. The summed E-state index contributed by atoms with van der Waals surface area (Å²) in [5.74, 6) is -0.593. The second-order valence-electron chi connectivity index (χ2n) is 6.03. The minimum atomic E-state index is -0.444. The van der Waals surface area contributed by atoms with Gasteiger partial charge in [0.15, 0.2) is 0 Å². The van der Waals surface area contributed by atoms with Gasteiger partial charge in [-0.15, -0.1) is 5.10 Å². The van der Waals surface area contributed by atoms with Gasteiger partial charge in [0, 0.05) is 37.9 Å². The standard InChI is InChI=1S/C18H17FN6O/c19-14-6-7-16(17(12-14)25-13-20-21-22-25)18(26)24-10-8-23(9-11-24)15-4-2-1-3-5-15/h1-7,12-13H,8-11H2. The number of benzene rings is 2. The van der Waals surface area contributed by atoms with E-state index in [2.05, 4.69) is 32.6 Å². The van der Waals surface area contributed by atoms with Crippen molar-refractivity contribution in [3.05, 3.63) is 66.2 Å². The molecule has 0 saturated carbocycles. The van der Waals surface area contributed by atoms with Crippen LogP contribution in [0.25, 0.3) is 5.69 Å². The Labute approximate surface area is 149 Å². The first kappa shape index (κ1) is 16.2. The van der Waals surface area contributed by atoms with Gasteiger partial charge in [0.2, 0.25) is 0 Å². The van der Waals surface area contributed by atoms with Crippen LogP contribution in [0.4, 0.5) is 10.1 Å². The maximum atomic E-state index is 13.7. The van der Waals surface area contributed by atoms with Gasteiger partial charge in [0.05, 0.1) is 11.3 Å². The van der Waals surface area contributed by atoms with Gasteiger partial charge in [-0.3, -0.25) is 4.79 Å². The van der Waals surface area contributed by atoms with Crippen LogP contribution in [-0.2, 0) is 0 Å². The summed E-state index contributed by atoms with van der Waals surface area (Å²) >= 11 is 0. The molecule has 0 bridgehead atoms. The molecule has 132 valence electrons. The molecule has 1 fully saturated rings. The number of aromatic nitrogens is 4. The van der Waals surface area contributed by atoms with E-state index in [-0.39, 0.29) is 5.91 Å². The number of halogens is 1. The minimum absolute atomic E-state index is 0.150. The smallest absolute Gasteiger partial charge is 0.256 e. The quantitative estimate of drug-likeness (QED) is 0.719. The van der Waals surface area contributed by atoms with E-state index in [0.717, 1.165) is 18.8 Å². The molecule has 0 radical (unpaired) electrons. The molecule has 1 aliphatic heterocycles. The zero-order chi connectivity index (χ0) is 17.9. The topological polar surface area (TPSA) is 67.2 Å². The zero-order valence-corrected chi connectivity index (χ0v) is 14.0. The Bertz CT molecular complexity index is 891. The van der Waals surface area contributed by atoms with Crippen LogP contribution in [0.2, 0.25) is 0 Å². The Morgan fingerprint density at radius 1 is 1.00 bits per heavy atom. The van der Waals surface area contributed by atoms with Crippen LogP contribution in [0.5, 0.6) is 0 Å². The second kappa shape index (κ2) is 6.91. The van der Waals surface area contributed by atoms with Crippen molar-refractivity contribution >= 4 is 11.6 Å². The van der Waals surface area contributed by atoms with Crippen LogP contribution in [0.15, 0.2) is 54.9 Å². The number of hydrogen-bond acceptors (Lipinski definition) is 5. The van der Waals surface area contributed by atoms with Gasteiger partial charge in [-0.1, -0.05) is 18.2 Å². The predicted octanol–water partition coefficient (Wildman–Crippen LogP) is 1.76. The number of carbonyl (C=O) groups excluding carboxylic acids is 1. The molecule has 0 atom stereocenters. The Kier molecular flexibility index (Phi) is 4.30. The zero-order valence-electron chi connectivity index (χ0n) is 14.0. The lowest BCUT2D eigenvalue weighted by Gasteiger charge is -2.36. The fourth-order valence-corrected chi connectivity index (χ4v) is 3.12. The van der Waals surface area contributed by atoms with Gasteiger partial charge >= 0.3 is 0 Å². The van der Waals surface area contributed by atoms with E-state index >= 15 is 0 Å². The molecule has 26 heavy (non-hydrogen) atoms. The Hall–Kier alpha value is -3.29. The highest BCUT2D eigenvalue weighted by Gasteiger charge is 2.25. The molecular formula is C18H17FN6O. The second-order valence-corrected chi connectivity index (χ2v) is 6.03.